The van der Waals surface area contributed by atoms with Crippen LogP contribution in [-0.4, -0.2) is 10.2 Å². The van der Waals surface area contributed by atoms with Crippen molar-refractivity contribution in [1.82, 2.24) is 0 Å². The van der Waals surface area contributed by atoms with E-state index in [1.54, 1.807) is 0 Å². The summed E-state index contributed by atoms with van der Waals surface area (Å²) in [6.45, 7) is 7.42. The van der Waals surface area contributed by atoms with Crippen LogP contribution in [0.25, 0.3) is 0 Å². The van der Waals surface area contributed by atoms with E-state index in [0.29, 0.717) is 17.3 Å². The molecule has 2 saturated carbocycles. The minimum Gasteiger partial charge on any atom is -0.290 e. The van der Waals surface area contributed by atoms with E-state index in [1.165, 1.54) is 35.7 Å². The summed E-state index contributed by atoms with van der Waals surface area (Å²) in [6.07, 6.45) is 16.1. The van der Waals surface area contributed by atoms with Gasteiger partial charge in [0.05, 0.1) is 0 Å². The Morgan fingerprint density at radius 1 is 1.21 bits per heavy atom. The number of alkyl halides is 1. The molecule has 0 aromatic heterocycles. The second-order valence-corrected chi connectivity index (χ2v) is 10.0. The van der Waals surface area contributed by atoms with E-state index < -0.39 is 0 Å². The largest absolute Gasteiger partial charge is 0.290 e. The fourth-order valence-corrected chi connectivity index (χ4v) is 7.35. The van der Waals surface area contributed by atoms with Gasteiger partial charge in [-0.3, -0.25) is 4.79 Å². The highest BCUT2D eigenvalue weighted by Crippen LogP contribution is 2.65. The van der Waals surface area contributed by atoms with Gasteiger partial charge in [0.15, 0.2) is 5.78 Å². The fraction of sp³-hybridized carbons (Fsp3) is 0.682. The molecule has 4 rings (SSSR count). The Kier molecular flexibility index (Phi) is 4.14. The summed E-state index contributed by atoms with van der Waals surface area (Å²) in [7, 11) is 0. The third kappa shape index (κ3) is 2.27. The van der Waals surface area contributed by atoms with Gasteiger partial charge in [0, 0.05) is 9.84 Å². The number of carbonyl (C=O) groups is 1. The molecular formula is C22H29IO. The van der Waals surface area contributed by atoms with Crippen molar-refractivity contribution in [1.29, 1.82) is 0 Å². The maximum absolute atomic E-state index is 11.8. The molecule has 2 heteroatoms. The first-order chi connectivity index (χ1) is 11.4. The summed E-state index contributed by atoms with van der Waals surface area (Å²) in [6, 6.07) is 0. The van der Waals surface area contributed by atoms with Gasteiger partial charge in [-0.05, 0) is 78.4 Å². The van der Waals surface area contributed by atoms with Crippen molar-refractivity contribution in [3.63, 3.8) is 0 Å². The molecule has 0 bridgehead atoms. The highest BCUT2D eigenvalue weighted by atomic mass is 127. The van der Waals surface area contributed by atoms with Crippen molar-refractivity contribution in [2.24, 2.45) is 40.4 Å². The van der Waals surface area contributed by atoms with Crippen LogP contribution in [0.3, 0.4) is 0 Å². The predicted octanol–water partition coefficient (Wildman–Crippen LogP) is 5.76. The van der Waals surface area contributed by atoms with Gasteiger partial charge in [0.25, 0.3) is 0 Å². The molecule has 0 unspecified atom stereocenters. The number of halogens is 1. The van der Waals surface area contributed by atoms with Crippen LogP contribution >= 0.6 is 22.6 Å². The number of fused-ring (bicyclic) bond motifs is 5. The topological polar surface area (TPSA) is 17.1 Å². The molecule has 4 aliphatic carbocycles. The molecule has 0 heterocycles. The summed E-state index contributed by atoms with van der Waals surface area (Å²) >= 11 is 2.58. The van der Waals surface area contributed by atoms with Crippen LogP contribution in [0.15, 0.2) is 36.0 Å². The summed E-state index contributed by atoms with van der Waals surface area (Å²) in [5.41, 5.74) is 1.83. The summed E-state index contributed by atoms with van der Waals surface area (Å²) < 4.78 is 1.28. The number of rotatable bonds is 2. The summed E-state index contributed by atoms with van der Waals surface area (Å²) in [5.74, 6) is 4.07. The van der Waals surface area contributed by atoms with E-state index in [1.807, 2.05) is 12.2 Å². The van der Waals surface area contributed by atoms with Crippen molar-refractivity contribution in [3.05, 3.63) is 36.0 Å². The normalized spacial score (nSPS) is 47.7. The Bertz CT molecular complexity index is 644. The second-order valence-electron chi connectivity index (χ2n) is 9.13. The van der Waals surface area contributed by atoms with Crippen LogP contribution in [0.2, 0.25) is 0 Å². The fourth-order valence-electron chi connectivity index (χ4n) is 6.73. The van der Waals surface area contributed by atoms with Crippen molar-refractivity contribution >= 4 is 28.4 Å². The highest BCUT2D eigenvalue weighted by molar-refractivity contribution is 14.1. The lowest BCUT2D eigenvalue weighted by atomic mass is 9.49. The predicted molar refractivity (Wildman–Crippen MR) is 108 cm³/mol. The first-order valence-electron chi connectivity index (χ1n) is 9.59. The monoisotopic (exact) mass is 436 g/mol. The SMILES string of the molecule is C[C@H](CI)[C@H]1CC[C@H]2[C@@H]3C=CC4=CC(=O)C=C[C@]4(C)[C@H]3CC[C@]12C. The number of allylic oxidation sites excluding steroid dienone is 6. The molecular weight excluding hydrogens is 407 g/mol. The van der Waals surface area contributed by atoms with Gasteiger partial charge in [-0.15, -0.1) is 0 Å². The van der Waals surface area contributed by atoms with Crippen molar-refractivity contribution in [2.45, 2.75) is 46.5 Å². The molecule has 4 aliphatic rings. The molecule has 0 aliphatic heterocycles. The molecule has 0 aromatic carbocycles. The lowest BCUT2D eigenvalue weighted by Gasteiger charge is -2.55. The quantitative estimate of drug-likeness (QED) is 0.398. The lowest BCUT2D eigenvalue weighted by molar-refractivity contribution is -0.110. The van der Waals surface area contributed by atoms with Crippen LogP contribution in [0.4, 0.5) is 0 Å². The molecule has 2 fully saturated rings. The van der Waals surface area contributed by atoms with Crippen LogP contribution in [0.5, 0.6) is 0 Å². The van der Waals surface area contributed by atoms with Crippen LogP contribution in [-0.2, 0) is 4.79 Å². The minimum absolute atomic E-state index is 0.0711. The highest BCUT2D eigenvalue weighted by Gasteiger charge is 2.57. The van der Waals surface area contributed by atoms with Crippen LogP contribution in [0, 0.1) is 40.4 Å². The molecule has 0 amide bonds. The summed E-state index contributed by atoms with van der Waals surface area (Å²) in [5, 5.41) is 0. The molecule has 0 radical (unpaired) electrons. The van der Waals surface area contributed by atoms with Crippen molar-refractivity contribution < 1.29 is 4.79 Å². The van der Waals surface area contributed by atoms with Gasteiger partial charge in [-0.1, -0.05) is 61.6 Å². The van der Waals surface area contributed by atoms with Crippen LogP contribution < -0.4 is 0 Å². The number of carbonyl (C=O) groups excluding carboxylic acids is 1. The van der Waals surface area contributed by atoms with E-state index in [2.05, 4.69) is 61.6 Å². The number of hydrogen-bond acceptors (Lipinski definition) is 1. The molecule has 24 heavy (non-hydrogen) atoms. The Morgan fingerprint density at radius 2 is 2.00 bits per heavy atom. The van der Waals surface area contributed by atoms with E-state index in [9.17, 15) is 4.79 Å². The lowest BCUT2D eigenvalue weighted by Crippen LogP contribution is -2.48. The van der Waals surface area contributed by atoms with Gasteiger partial charge in [0.1, 0.15) is 0 Å². The summed E-state index contributed by atoms with van der Waals surface area (Å²) in [4.78, 5) is 11.8. The standard InChI is InChI=1S/C22H29IO/c1-14(13-23)18-6-7-19-17-5-4-15-12-16(24)8-10-21(15,2)20(17)9-11-22(18,19)3/h4-5,8,10,12,14,17-20H,6-7,9,11,13H2,1-3H3/t14-,17+,18-,19+,20+,21+,22-/m1/s1. The molecule has 0 N–H and O–H groups in total. The third-order valence-electron chi connectivity index (χ3n) is 8.12. The molecule has 0 saturated heterocycles. The molecule has 1 nitrogen and oxygen atoms in total. The van der Waals surface area contributed by atoms with Gasteiger partial charge >= 0.3 is 0 Å². The smallest absolute Gasteiger partial charge is 0.178 e. The van der Waals surface area contributed by atoms with Crippen molar-refractivity contribution in [3.8, 4) is 0 Å². The Labute approximate surface area is 160 Å². The van der Waals surface area contributed by atoms with E-state index in [4.69, 9.17) is 0 Å². The van der Waals surface area contributed by atoms with Crippen LogP contribution in [0.1, 0.15) is 46.5 Å². The molecule has 0 aromatic rings. The molecule has 0 spiro atoms. The number of hydrogen-bond donors (Lipinski definition) is 0. The Hall–Kier alpha value is -0.380. The molecule has 7 atom stereocenters. The Morgan fingerprint density at radius 3 is 2.75 bits per heavy atom. The second kappa shape index (κ2) is 5.82. The molecule has 130 valence electrons. The first-order valence-corrected chi connectivity index (χ1v) is 11.1. The first kappa shape index (κ1) is 17.1. The van der Waals surface area contributed by atoms with Gasteiger partial charge < -0.3 is 0 Å². The average Bonchev–Trinajstić information content (AvgIpc) is 2.92. The zero-order chi connectivity index (χ0) is 17.1. The van der Waals surface area contributed by atoms with Gasteiger partial charge in [0.2, 0.25) is 0 Å². The zero-order valence-electron chi connectivity index (χ0n) is 15.1. The maximum atomic E-state index is 11.8. The Balaban J connectivity index is 1.70. The van der Waals surface area contributed by atoms with Gasteiger partial charge in [-0.2, -0.15) is 0 Å². The third-order valence-corrected chi connectivity index (χ3v) is 9.51. The van der Waals surface area contributed by atoms with E-state index >= 15 is 0 Å². The average molecular weight is 436 g/mol. The van der Waals surface area contributed by atoms with Gasteiger partial charge in [-0.25, -0.2) is 0 Å². The maximum Gasteiger partial charge on any atom is 0.178 e. The van der Waals surface area contributed by atoms with Crippen molar-refractivity contribution in [2.75, 3.05) is 4.43 Å². The zero-order valence-corrected chi connectivity index (χ0v) is 17.3. The van der Waals surface area contributed by atoms with E-state index in [0.717, 1.165) is 17.8 Å². The van der Waals surface area contributed by atoms with E-state index in [-0.39, 0.29) is 11.2 Å². The number of ketones is 1. The minimum atomic E-state index is 0.0711.